The summed E-state index contributed by atoms with van der Waals surface area (Å²) in [5, 5.41) is 0. The van der Waals surface area contributed by atoms with Crippen molar-refractivity contribution in [2.45, 2.75) is 455 Å². The molecule has 0 atom stereocenters. The first-order valence-corrected chi connectivity index (χ1v) is 41.9. The van der Waals surface area contributed by atoms with Crippen molar-refractivity contribution >= 4 is 0 Å². The molecule has 0 aliphatic heterocycles. The van der Waals surface area contributed by atoms with E-state index in [2.05, 4.69) is 242 Å². The van der Waals surface area contributed by atoms with Crippen molar-refractivity contribution in [1.29, 1.82) is 0 Å². The molecule has 8 fully saturated rings. The fourth-order valence-corrected chi connectivity index (χ4v) is 10.7. The fraction of sp³-hybridized carbons (Fsp3) is 0.833. The SMILES string of the molecule is CC(C)C.CC(C)C.CC(C)C.CC(C)C.CC(C)C.CC(C)C.CC(C)C.CC(C)C.[CH2-]C1([CH2-])CCCC1.[CH2-]C1([CH2-])CCCC1.[CH2-]CC1([CH2-])CCCCC1.[CH2-]CC[C-]1CCCCC1.[CH2-]CC[C-]1CCCCC1.[CH2-]CC[C-]1CCCCC1.[CH2-]C[C-]1CCCC1.[CH2-]C[C-]1CCCC1.[Y].[Y].[Y].[Y].[Y].[Y].[Y].[Y]. The second-order valence-electron chi connectivity index (χ2n) is 35.7. The van der Waals surface area contributed by atoms with Crippen LogP contribution in [0.4, 0.5) is 0 Å². The topological polar surface area (TPSA) is 0 Å². The van der Waals surface area contributed by atoms with Crippen LogP contribution in [0.2, 0.25) is 0 Å². The summed E-state index contributed by atoms with van der Waals surface area (Å²) in [4.78, 5) is 0. The first-order valence-electron chi connectivity index (χ1n) is 41.9. The molecule has 0 spiro atoms. The molecule has 0 aromatic rings. The summed E-state index contributed by atoms with van der Waals surface area (Å²) in [5.41, 5.74) is 0.748. The van der Waals surface area contributed by atoms with Crippen LogP contribution in [0.1, 0.15) is 455 Å². The minimum absolute atomic E-state index is 0. The van der Waals surface area contributed by atoms with Gasteiger partial charge in [0.15, 0.2) is 0 Å². The maximum Gasteiger partial charge on any atom is 0 e. The van der Waals surface area contributed by atoms with Crippen molar-refractivity contribution in [3.05, 3.63) is 106 Å². The molecule has 8 radical (unpaired) electrons. The molecule has 0 aromatic carbocycles. The Kier molecular flexibility index (Phi) is 162. The maximum atomic E-state index is 4.19. The second kappa shape index (κ2) is 112. The van der Waals surface area contributed by atoms with Crippen molar-refractivity contribution < 1.29 is 262 Å². The summed E-state index contributed by atoms with van der Waals surface area (Å²) < 4.78 is 0. The Balaban J connectivity index is -0.0000000570. The van der Waals surface area contributed by atoms with Crippen LogP contribution in [0.3, 0.4) is 0 Å². The molecule has 0 saturated heterocycles. The molecule has 0 nitrogen and oxygen atoms in total. The molecule has 616 valence electrons. The zero-order valence-electron chi connectivity index (χ0n) is 76.8. The Morgan fingerprint density at radius 3 is 0.452 bits per heavy atom. The van der Waals surface area contributed by atoms with Gasteiger partial charge in [0.25, 0.3) is 0 Å². The number of hydrogen-bond donors (Lipinski definition) is 0. The minimum Gasteiger partial charge on any atom is -0.372 e. The smallest absolute Gasteiger partial charge is 0 e. The maximum absolute atomic E-state index is 4.19. The van der Waals surface area contributed by atoms with Crippen molar-refractivity contribution in [2.24, 2.45) is 63.6 Å². The quantitative estimate of drug-likeness (QED) is 0.202. The summed E-state index contributed by atoms with van der Waals surface area (Å²) in [6.07, 6.45) is 60.0. The molecule has 0 bridgehead atoms. The molecular formula is C96H192Y8-16. The van der Waals surface area contributed by atoms with Gasteiger partial charge in [-0.3, -0.25) is 10.8 Å². The van der Waals surface area contributed by atoms with Crippen LogP contribution in [-0.2, 0) is 262 Å². The van der Waals surface area contributed by atoms with Gasteiger partial charge >= 0.3 is 0 Å². The van der Waals surface area contributed by atoms with Gasteiger partial charge in [0.1, 0.15) is 0 Å². The van der Waals surface area contributed by atoms with Gasteiger partial charge in [0, 0.05) is 262 Å². The Labute approximate surface area is 872 Å². The van der Waals surface area contributed by atoms with Crippen molar-refractivity contribution in [3.8, 4) is 0 Å². The Bertz CT molecular complexity index is 1140. The molecule has 8 rings (SSSR count). The molecule has 0 heterocycles. The molecule has 8 aliphatic rings. The van der Waals surface area contributed by atoms with Crippen LogP contribution in [-0.4, -0.2) is 0 Å². The van der Waals surface area contributed by atoms with Crippen LogP contribution in [0.15, 0.2) is 0 Å². The van der Waals surface area contributed by atoms with Gasteiger partial charge in [-0.2, -0.15) is 69.6 Å². The molecule has 0 amide bonds. The van der Waals surface area contributed by atoms with Gasteiger partial charge in [-0.1, -0.05) is 307 Å². The van der Waals surface area contributed by atoms with Crippen LogP contribution < -0.4 is 0 Å². The van der Waals surface area contributed by atoms with Crippen molar-refractivity contribution in [2.75, 3.05) is 0 Å². The largest absolute Gasteiger partial charge is 0.372 e. The first-order chi connectivity index (χ1) is 44.7. The van der Waals surface area contributed by atoms with Crippen LogP contribution in [0.25, 0.3) is 0 Å². The third-order valence-corrected chi connectivity index (χ3v) is 15.4. The van der Waals surface area contributed by atoms with E-state index in [1.54, 1.807) is 29.6 Å². The summed E-state index contributed by atoms with van der Waals surface area (Å²) >= 11 is 0. The van der Waals surface area contributed by atoms with E-state index < -0.39 is 0 Å². The van der Waals surface area contributed by atoms with E-state index in [4.69, 9.17) is 0 Å². The van der Waals surface area contributed by atoms with E-state index in [9.17, 15) is 0 Å². The molecule has 0 unspecified atom stereocenters. The Hall–Kier alpha value is 8.83. The van der Waals surface area contributed by atoms with Gasteiger partial charge in [0.05, 0.1) is 0 Å². The monoisotopic (exact) mass is 2060 g/mol. The van der Waals surface area contributed by atoms with Crippen molar-refractivity contribution in [3.63, 3.8) is 0 Å². The van der Waals surface area contributed by atoms with Crippen LogP contribution >= 0.6 is 0 Å². The van der Waals surface area contributed by atoms with E-state index in [0.717, 1.165) is 85.9 Å². The predicted octanol–water partition coefficient (Wildman–Crippen LogP) is 34.8. The van der Waals surface area contributed by atoms with Gasteiger partial charge in [0.2, 0.25) is 0 Å². The van der Waals surface area contributed by atoms with E-state index >= 15 is 0 Å². The molecule has 104 heavy (non-hydrogen) atoms. The molecule has 8 saturated carbocycles. The molecule has 8 heteroatoms. The molecule has 8 aliphatic carbocycles. The molecule has 0 aromatic heterocycles. The Morgan fingerprint density at radius 2 is 0.346 bits per heavy atom. The number of hydrogen-bond acceptors (Lipinski definition) is 0. The van der Waals surface area contributed by atoms with Crippen molar-refractivity contribution in [1.82, 2.24) is 0 Å². The summed E-state index contributed by atoms with van der Waals surface area (Å²) in [6.45, 7) is 95.2. The molecular weight excluding hydrogens is 1860 g/mol. The average Bonchev–Trinajstić information content (AvgIpc) is 1.37. The minimum atomic E-state index is 0. The van der Waals surface area contributed by atoms with E-state index in [0.29, 0.717) is 5.41 Å². The van der Waals surface area contributed by atoms with Gasteiger partial charge < -0.3 is 119 Å². The fourth-order valence-electron chi connectivity index (χ4n) is 10.7. The summed E-state index contributed by atoms with van der Waals surface area (Å²) in [5.74, 6) is 15.4. The second-order valence-corrected chi connectivity index (χ2v) is 35.7. The van der Waals surface area contributed by atoms with Crippen LogP contribution in [0.5, 0.6) is 0 Å². The normalized spacial score (nSPS) is 17.8. The van der Waals surface area contributed by atoms with Gasteiger partial charge in [-0.25, -0.2) is 44.9 Å². The third-order valence-electron chi connectivity index (χ3n) is 15.4. The zero-order valence-corrected chi connectivity index (χ0v) is 99.5. The Morgan fingerprint density at radius 1 is 0.212 bits per heavy atom. The van der Waals surface area contributed by atoms with Crippen LogP contribution in [0, 0.1) is 169 Å². The summed E-state index contributed by atoms with van der Waals surface area (Å²) in [7, 11) is 0. The first kappa shape index (κ1) is 150. The summed E-state index contributed by atoms with van der Waals surface area (Å²) in [6, 6.07) is 0. The van der Waals surface area contributed by atoms with E-state index in [1.165, 1.54) is 250 Å². The predicted molar refractivity (Wildman–Crippen MR) is 454 cm³/mol. The average molecular weight is 2060 g/mol. The van der Waals surface area contributed by atoms with E-state index in [-0.39, 0.29) is 273 Å². The molecule has 0 N–H and O–H groups in total. The third kappa shape index (κ3) is 162. The van der Waals surface area contributed by atoms with E-state index in [1.807, 2.05) is 0 Å². The standard InChI is InChI=1S/4C9H16.4C7H12.8C4H10.8Y/c1-3-9(2)7-5-4-6-8-9;3*1-2-6-9-7-4-3-5-8-9;2*1-7(2)5-3-4-6-7;2*1-2-7-5-3-4-6-7;8*1-4(2)3;;;;;;;;/h4*1-8H2;4*1-6H2;8*4H,1-3H3;;;;;;;;/q8*-2;;;;;;;;;;;;;;;;. The zero-order chi connectivity index (χ0) is 75.8. The van der Waals surface area contributed by atoms with Gasteiger partial charge in [-0.05, 0) is 47.3 Å². The van der Waals surface area contributed by atoms with Gasteiger partial charge in [-0.15, -0.1) is 25.7 Å². The number of rotatable bonds is 9.